The Kier molecular flexibility index (Phi) is 3.40. The second-order valence-electron chi connectivity index (χ2n) is 4.20. The minimum atomic E-state index is -0.563. The zero-order chi connectivity index (χ0) is 13.1. The maximum Gasteiger partial charge on any atom is 0.288 e. The summed E-state index contributed by atoms with van der Waals surface area (Å²) in [5.41, 5.74) is 0.0198. The Bertz CT molecular complexity index is 485. The van der Waals surface area contributed by atoms with Gasteiger partial charge in [0.25, 0.3) is 11.6 Å². The Balaban J connectivity index is 2.24. The minimum Gasteiger partial charge on any atom is -0.372 e. The minimum absolute atomic E-state index is 0.182. The molecule has 7 nitrogen and oxygen atoms in total. The molecule has 0 radical (unpaired) electrons. The van der Waals surface area contributed by atoms with Crippen molar-refractivity contribution >= 4 is 17.4 Å². The Hall–Kier alpha value is -2.18. The van der Waals surface area contributed by atoms with E-state index < -0.39 is 4.92 Å². The highest BCUT2D eigenvalue weighted by Crippen LogP contribution is 2.22. The van der Waals surface area contributed by atoms with Crippen molar-refractivity contribution in [2.75, 3.05) is 12.4 Å². The van der Waals surface area contributed by atoms with E-state index in [1.807, 2.05) is 0 Å². The molecule has 0 unspecified atom stereocenters. The molecule has 0 atom stereocenters. The highest BCUT2D eigenvalue weighted by atomic mass is 16.6. The van der Waals surface area contributed by atoms with E-state index in [-0.39, 0.29) is 23.2 Å². The second kappa shape index (κ2) is 4.99. The van der Waals surface area contributed by atoms with Gasteiger partial charge in [-0.05, 0) is 19.3 Å². The molecule has 0 aliphatic heterocycles. The van der Waals surface area contributed by atoms with Crippen LogP contribution in [0.2, 0.25) is 0 Å². The van der Waals surface area contributed by atoms with Crippen LogP contribution >= 0.6 is 0 Å². The summed E-state index contributed by atoms with van der Waals surface area (Å²) in [6.07, 6.45) is 4.16. The first-order valence-electron chi connectivity index (χ1n) is 5.75. The summed E-state index contributed by atoms with van der Waals surface area (Å²) in [6.45, 7) is 0. The van der Waals surface area contributed by atoms with Gasteiger partial charge in [-0.15, -0.1) is 0 Å². The molecule has 0 spiro atoms. The quantitative estimate of drug-likeness (QED) is 0.620. The standard InChI is InChI=1S/C11H14N4O3/c1-12-10-9(5-8(6-13-10)15(17)18)11(16)14-7-3-2-4-7/h5-7H,2-4H2,1H3,(H,12,13)(H,14,16). The summed E-state index contributed by atoms with van der Waals surface area (Å²) in [5.74, 6) is 0.0256. The van der Waals surface area contributed by atoms with Gasteiger partial charge >= 0.3 is 0 Å². The highest BCUT2D eigenvalue weighted by Gasteiger charge is 2.23. The molecule has 1 aliphatic carbocycles. The fraction of sp³-hybridized carbons (Fsp3) is 0.455. The summed E-state index contributed by atoms with van der Waals surface area (Å²) in [7, 11) is 1.62. The average molecular weight is 250 g/mol. The fourth-order valence-electron chi connectivity index (χ4n) is 1.74. The number of amides is 1. The lowest BCUT2D eigenvalue weighted by Crippen LogP contribution is -2.39. The molecule has 2 N–H and O–H groups in total. The Morgan fingerprint density at radius 1 is 1.56 bits per heavy atom. The molecular formula is C11H14N4O3. The van der Waals surface area contributed by atoms with Crippen LogP contribution in [0.4, 0.5) is 11.5 Å². The maximum atomic E-state index is 12.0. The number of pyridine rings is 1. The van der Waals surface area contributed by atoms with E-state index in [1.54, 1.807) is 7.05 Å². The van der Waals surface area contributed by atoms with Crippen LogP contribution in [-0.4, -0.2) is 28.9 Å². The van der Waals surface area contributed by atoms with Gasteiger partial charge in [-0.1, -0.05) is 0 Å². The lowest BCUT2D eigenvalue weighted by molar-refractivity contribution is -0.385. The van der Waals surface area contributed by atoms with Crippen molar-refractivity contribution in [3.63, 3.8) is 0 Å². The molecule has 0 bridgehead atoms. The third-order valence-corrected chi connectivity index (χ3v) is 3.01. The van der Waals surface area contributed by atoms with Gasteiger partial charge < -0.3 is 10.6 Å². The maximum absolute atomic E-state index is 12.0. The van der Waals surface area contributed by atoms with E-state index in [9.17, 15) is 14.9 Å². The van der Waals surface area contributed by atoms with E-state index >= 15 is 0 Å². The number of rotatable bonds is 4. The second-order valence-corrected chi connectivity index (χ2v) is 4.20. The van der Waals surface area contributed by atoms with Crippen molar-refractivity contribution in [2.45, 2.75) is 25.3 Å². The van der Waals surface area contributed by atoms with Crippen molar-refractivity contribution in [3.05, 3.63) is 27.9 Å². The number of carbonyl (C=O) groups is 1. The molecule has 1 aliphatic rings. The lowest BCUT2D eigenvalue weighted by atomic mass is 9.93. The third kappa shape index (κ3) is 2.39. The Labute approximate surface area is 104 Å². The number of hydrogen-bond acceptors (Lipinski definition) is 5. The van der Waals surface area contributed by atoms with Crippen LogP contribution in [0, 0.1) is 10.1 Å². The lowest BCUT2D eigenvalue weighted by Gasteiger charge is -2.26. The van der Waals surface area contributed by atoms with Gasteiger partial charge in [0.15, 0.2) is 0 Å². The predicted octanol–water partition coefficient (Wildman–Crippen LogP) is 1.31. The monoisotopic (exact) mass is 250 g/mol. The fourth-order valence-corrected chi connectivity index (χ4v) is 1.74. The topological polar surface area (TPSA) is 97.2 Å². The van der Waals surface area contributed by atoms with Gasteiger partial charge in [-0.3, -0.25) is 14.9 Å². The van der Waals surface area contributed by atoms with Crippen molar-refractivity contribution in [1.29, 1.82) is 0 Å². The van der Waals surface area contributed by atoms with Crippen LogP contribution in [0.5, 0.6) is 0 Å². The molecule has 0 aromatic carbocycles. The van der Waals surface area contributed by atoms with Crippen molar-refractivity contribution in [3.8, 4) is 0 Å². The SMILES string of the molecule is CNc1ncc([N+](=O)[O-])cc1C(=O)NC1CCC1. The molecule has 1 aromatic heterocycles. The van der Waals surface area contributed by atoms with E-state index in [2.05, 4.69) is 15.6 Å². The van der Waals surface area contributed by atoms with Gasteiger partial charge in [-0.25, -0.2) is 4.98 Å². The first-order valence-corrected chi connectivity index (χ1v) is 5.75. The van der Waals surface area contributed by atoms with Crippen molar-refractivity contribution < 1.29 is 9.72 Å². The molecule has 1 amide bonds. The van der Waals surface area contributed by atoms with Gasteiger partial charge in [0.1, 0.15) is 12.0 Å². The first kappa shape index (κ1) is 12.3. The summed E-state index contributed by atoms with van der Waals surface area (Å²) in [4.78, 5) is 26.0. The number of nitrogens with zero attached hydrogens (tertiary/aromatic N) is 2. The highest BCUT2D eigenvalue weighted by molar-refractivity contribution is 5.99. The Morgan fingerprint density at radius 2 is 2.28 bits per heavy atom. The van der Waals surface area contributed by atoms with Crippen LogP contribution in [0.25, 0.3) is 0 Å². The van der Waals surface area contributed by atoms with Gasteiger partial charge in [0, 0.05) is 19.2 Å². The predicted molar refractivity (Wildman–Crippen MR) is 65.5 cm³/mol. The van der Waals surface area contributed by atoms with E-state index in [4.69, 9.17) is 0 Å². The number of anilines is 1. The summed E-state index contributed by atoms with van der Waals surface area (Å²) >= 11 is 0. The molecule has 1 aromatic rings. The largest absolute Gasteiger partial charge is 0.372 e. The van der Waals surface area contributed by atoms with Crippen molar-refractivity contribution in [1.82, 2.24) is 10.3 Å². The van der Waals surface area contributed by atoms with E-state index in [0.717, 1.165) is 25.5 Å². The molecule has 2 rings (SSSR count). The zero-order valence-electron chi connectivity index (χ0n) is 9.97. The molecule has 0 saturated heterocycles. The van der Waals surface area contributed by atoms with Gasteiger partial charge in [0.2, 0.25) is 0 Å². The number of aromatic nitrogens is 1. The number of nitrogens with one attached hydrogen (secondary N) is 2. The molecule has 7 heteroatoms. The molecule has 1 fully saturated rings. The van der Waals surface area contributed by atoms with Crippen LogP contribution in [-0.2, 0) is 0 Å². The van der Waals surface area contributed by atoms with Gasteiger partial charge in [-0.2, -0.15) is 0 Å². The molecule has 1 heterocycles. The smallest absolute Gasteiger partial charge is 0.288 e. The van der Waals surface area contributed by atoms with Crippen LogP contribution in [0.15, 0.2) is 12.3 Å². The van der Waals surface area contributed by atoms with Crippen LogP contribution in [0.3, 0.4) is 0 Å². The van der Waals surface area contributed by atoms with E-state index in [0.29, 0.717) is 5.82 Å². The van der Waals surface area contributed by atoms with Crippen LogP contribution in [0.1, 0.15) is 29.6 Å². The first-order chi connectivity index (χ1) is 8.61. The summed E-state index contributed by atoms with van der Waals surface area (Å²) < 4.78 is 0. The summed E-state index contributed by atoms with van der Waals surface area (Å²) in [5, 5.41) is 16.3. The normalized spacial score (nSPS) is 14.7. The molecule has 18 heavy (non-hydrogen) atoms. The Morgan fingerprint density at radius 3 is 2.78 bits per heavy atom. The molecular weight excluding hydrogens is 236 g/mol. The van der Waals surface area contributed by atoms with E-state index in [1.165, 1.54) is 6.07 Å². The summed E-state index contributed by atoms with van der Waals surface area (Å²) in [6, 6.07) is 1.42. The van der Waals surface area contributed by atoms with Crippen LogP contribution < -0.4 is 10.6 Å². The number of carbonyl (C=O) groups excluding carboxylic acids is 1. The van der Waals surface area contributed by atoms with Crippen molar-refractivity contribution in [2.24, 2.45) is 0 Å². The molecule has 1 saturated carbocycles. The third-order valence-electron chi connectivity index (χ3n) is 3.01. The van der Waals surface area contributed by atoms with Gasteiger partial charge in [0.05, 0.1) is 10.5 Å². The zero-order valence-corrected chi connectivity index (χ0v) is 9.97. The molecule has 96 valence electrons. The number of hydrogen-bond donors (Lipinski definition) is 2. The number of nitro groups is 1. The average Bonchev–Trinajstić information content (AvgIpc) is 2.32.